The normalized spacial score (nSPS) is 30.3. The van der Waals surface area contributed by atoms with Gasteiger partial charge in [-0.2, -0.15) is 0 Å². The van der Waals surface area contributed by atoms with Gasteiger partial charge in [0.25, 0.3) is 0 Å². The number of benzene rings is 2. The second-order valence-corrected chi connectivity index (χ2v) is 12.5. The minimum atomic E-state index is -0.0797. The van der Waals surface area contributed by atoms with E-state index in [1.807, 2.05) is 0 Å². The molecule has 2 saturated heterocycles. The van der Waals surface area contributed by atoms with Crippen LogP contribution in [0.3, 0.4) is 0 Å². The maximum Gasteiger partial charge on any atom is 0.123 e. The van der Waals surface area contributed by atoms with Crippen molar-refractivity contribution in [2.24, 2.45) is 11.8 Å². The molecular weight excluding hydrogens is 472 g/mol. The van der Waals surface area contributed by atoms with E-state index >= 15 is 0 Å². The van der Waals surface area contributed by atoms with E-state index in [1.54, 1.807) is 0 Å². The highest BCUT2D eigenvalue weighted by atomic mass is 16.6. The third-order valence-electron chi connectivity index (χ3n) is 9.00. The van der Waals surface area contributed by atoms with Crippen molar-refractivity contribution in [3.8, 4) is 11.5 Å². The van der Waals surface area contributed by atoms with Gasteiger partial charge in [-0.25, -0.2) is 0 Å². The Hall–Kier alpha value is -2.56. The summed E-state index contributed by atoms with van der Waals surface area (Å²) < 4.78 is 22.9. The molecule has 0 radical (unpaired) electrons. The molecule has 0 aromatic heterocycles. The lowest BCUT2D eigenvalue weighted by atomic mass is 9.73. The van der Waals surface area contributed by atoms with Crippen molar-refractivity contribution in [2.45, 2.75) is 77.4 Å². The van der Waals surface area contributed by atoms with Gasteiger partial charge < -0.3 is 18.9 Å². The summed E-state index contributed by atoms with van der Waals surface area (Å²) in [5.74, 6) is 3.54. The lowest BCUT2D eigenvalue weighted by Crippen LogP contribution is -2.19. The molecule has 2 aromatic carbocycles. The zero-order chi connectivity index (χ0) is 26.3. The fraction of sp³-hybridized carbons (Fsp3) is 0.529. The minimum Gasteiger partial charge on any atom is -0.490 e. The van der Waals surface area contributed by atoms with Crippen LogP contribution in [0.4, 0.5) is 0 Å². The summed E-state index contributed by atoms with van der Waals surface area (Å²) in [7, 11) is 0. The largest absolute Gasteiger partial charge is 0.490 e. The van der Waals surface area contributed by atoms with Crippen LogP contribution in [-0.2, 0) is 9.47 Å². The molecule has 38 heavy (non-hydrogen) atoms. The van der Waals surface area contributed by atoms with Crippen LogP contribution in [0.1, 0.15) is 74.6 Å². The van der Waals surface area contributed by atoms with Gasteiger partial charge in [0.1, 0.15) is 35.9 Å². The number of epoxide rings is 2. The molecule has 0 saturated carbocycles. The summed E-state index contributed by atoms with van der Waals surface area (Å²) in [5.41, 5.74) is 7.97. The fourth-order valence-corrected chi connectivity index (χ4v) is 5.99. The predicted octanol–water partition coefficient (Wildman–Crippen LogP) is 7.71. The van der Waals surface area contributed by atoms with Gasteiger partial charge in [-0.15, -0.1) is 0 Å². The van der Waals surface area contributed by atoms with E-state index in [0.717, 1.165) is 36.5 Å². The first kappa shape index (κ1) is 25.7. The molecule has 4 aliphatic rings. The van der Waals surface area contributed by atoms with E-state index in [0.29, 0.717) is 13.2 Å². The molecule has 4 nitrogen and oxygen atoms in total. The topological polar surface area (TPSA) is 43.5 Å². The van der Waals surface area contributed by atoms with E-state index in [4.69, 9.17) is 18.9 Å². The van der Waals surface area contributed by atoms with E-state index in [9.17, 15) is 0 Å². The van der Waals surface area contributed by atoms with Crippen molar-refractivity contribution in [1.82, 2.24) is 0 Å². The van der Waals surface area contributed by atoms with Gasteiger partial charge in [-0.05, 0) is 136 Å². The molecule has 0 spiro atoms. The smallest absolute Gasteiger partial charge is 0.123 e. The molecule has 0 bridgehead atoms. The molecule has 2 fully saturated rings. The van der Waals surface area contributed by atoms with Gasteiger partial charge in [0.05, 0.1) is 13.2 Å². The van der Waals surface area contributed by atoms with E-state index in [-0.39, 0.29) is 11.2 Å². The molecule has 4 heteroatoms. The van der Waals surface area contributed by atoms with Crippen molar-refractivity contribution in [2.75, 3.05) is 26.4 Å². The van der Waals surface area contributed by atoms with Crippen LogP contribution in [0, 0.1) is 25.7 Å². The summed E-state index contributed by atoms with van der Waals surface area (Å²) >= 11 is 0. The highest BCUT2D eigenvalue weighted by Crippen LogP contribution is 2.42. The molecule has 2 aliphatic carbocycles. The van der Waals surface area contributed by atoms with Crippen LogP contribution in [0.5, 0.6) is 11.5 Å². The second kappa shape index (κ2) is 10.2. The van der Waals surface area contributed by atoms with Crippen LogP contribution in [0.15, 0.2) is 48.6 Å². The fourth-order valence-electron chi connectivity index (χ4n) is 5.99. The van der Waals surface area contributed by atoms with Crippen molar-refractivity contribution in [3.63, 3.8) is 0 Å². The SMILES string of the molecule is Cc1cc(C2=CCC(C3CC=C(c4ccc(OCC5(C)CO5)c(C)c4)CC3)CC2)ccc1OCC1(C)CO1. The number of aryl methyl sites for hydroxylation is 2. The number of ether oxygens (including phenoxy) is 4. The first-order chi connectivity index (χ1) is 18.3. The Bertz CT molecular complexity index is 1150. The van der Waals surface area contributed by atoms with Gasteiger partial charge in [-0.3, -0.25) is 0 Å². The molecule has 0 amide bonds. The Balaban J connectivity index is 1.03. The van der Waals surface area contributed by atoms with Crippen molar-refractivity contribution < 1.29 is 18.9 Å². The molecule has 0 N–H and O–H groups in total. The zero-order valence-electron chi connectivity index (χ0n) is 23.5. The monoisotopic (exact) mass is 514 g/mol. The third kappa shape index (κ3) is 5.87. The molecule has 2 aromatic rings. The standard InChI is InChI=1S/C34H42O4/c1-23-17-29(13-15-31(23)35-19-33(3)21-37-33)27-9-5-25(6-10-27)26-7-11-28(12-8-26)30-14-16-32(24(2)18-30)36-20-34(4)22-38-34/h9,11,13-18,25-26H,5-8,10,12,19-22H2,1-4H3. The van der Waals surface area contributed by atoms with Crippen LogP contribution >= 0.6 is 0 Å². The van der Waals surface area contributed by atoms with Crippen LogP contribution in [0.2, 0.25) is 0 Å². The highest BCUT2D eigenvalue weighted by molar-refractivity contribution is 5.69. The molecule has 4 unspecified atom stereocenters. The van der Waals surface area contributed by atoms with Crippen LogP contribution in [0.25, 0.3) is 11.1 Å². The number of rotatable bonds is 9. The summed E-state index contributed by atoms with van der Waals surface area (Å²) in [6.07, 6.45) is 12.4. The lowest BCUT2D eigenvalue weighted by molar-refractivity contribution is 0.201. The minimum absolute atomic E-state index is 0.0797. The van der Waals surface area contributed by atoms with Gasteiger partial charge in [0.15, 0.2) is 0 Å². The Labute approximate surface area is 228 Å². The predicted molar refractivity (Wildman–Crippen MR) is 153 cm³/mol. The summed E-state index contributed by atoms with van der Waals surface area (Å²) in [4.78, 5) is 0. The number of allylic oxidation sites excluding steroid dienone is 4. The Morgan fingerprint density at radius 2 is 1.13 bits per heavy atom. The van der Waals surface area contributed by atoms with Crippen molar-refractivity contribution in [1.29, 1.82) is 0 Å². The number of hydrogen-bond acceptors (Lipinski definition) is 4. The van der Waals surface area contributed by atoms with Gasteiger partial charge >= 0.3 is 0 Å². The Kier molecular flexibility index (Phi) is 6.90. The Morgan fingerprint density at radius 3 is 1.45 bits per heavy atom. The first-order valence-electron chi connectivity index (χ1n) is 14.4. The lowest BCUT2D eigenvalue weighted by Gasteiger charge is -2.32. The van der Waals surface area contributed by atoms with E-state index in [1.165, 1.54) is 71.9 Å². The molecule has 4 atom stereocenters. The zero-order valence-corrected chi connectivity index (χ0v) is 23.5. The van der Waals surface area contributed by atoms with Crippen molar-refractivity contribution >= 4 is 11.1 Å². The third-order valence-corrected chi connectivity index (χ3v) is 9.00. The summed E-state index contributed by atoms with van der Waals surface area (Å²) in [5, 5.41) is 0. The summed E-state index contributed by atoms with van der Waals surface area (Å²) in [6.45, 7) is 11.4. The van der Waals surface area contributed by atoms with Crippen LogP contribution in [-0.4, -0.2) is 37.6 Å². The van der Waals surface area contributed by atoms with E-state index < -0.39 is 0 Å². The average molecular weight is 515 g/mol. The summed E-state index contributed by atoms with van der Waals surface area (Å²) in [6, 6.07) is 13.3. The average Bonchev–Trinajstić information content (AvgIpc) is 3.86. The highest BCUT2D eigenvalue weighted by Gasteiger charge is 2.41. The molecule has 6 rings (SSSR count). The maximum absolute atomic E-state index is 6.02. The van der Waals surface area contributed by atoms with Gasteiger partial charge in [-0.1, -0.05) is 24.3 Å². The number of hydrogen-bond donors (Lipinski definition) is 0. The quantitative estimate of drug-likeness (QED) is 0.322. The molecular formula is C34H42O4. The first-order valence-corrected chi connectivity index (χ1v) is 14.4. The Morgan fingerprint density at radius 1 is 0.711 bits per heavy atom. The van der Waals surface area contributed by atoms with Crippen LogP contribution < -0.4 is 9.47 Å². The molecule has 2 heterocycles. The van der Waals surface area contributed by atoms with Crippen molar-refractivity contribution in [3.05, 3.63) is 70.8 Å². The second-order valence-electron chi connectivity index (χ2n) is 12.5. The van der Waals surface area contributed by atoms with Gasteiger partial charge in [0.2, 0.25) is 0 Å². The van der Waals surface area contributed by atoms with Gasteiger partial charge in [0, 0.05) is 0 Å². The molecule has 202 valence electrons. The maximum atomic E-state index is 6.02. The molecule has 2 aliphatic heterocycles. The van der Waals surface area contributed by atoms with E-state index in [2.05, 4.69) is 76.2 Å².